The molecule has 0 saturated carbocycles. The molecule has 0 radical (unpaired) electrons. The highest BCUT2D eigenvalue weighted by Gasteiger charge is 2.19. The average Bonchev–Trinajstić information content (AvgIpc) is 3.48. The molecule has 0 fully saturated rings. The number of ether oxygens (including phenoxy) is 2. The van der Waals surface area contributed by atoms with Crippen molar-refractivity contribution in [3.05, 3.63) is 130 Å². The number of carbonyl (C=O) groups is 1. The van der Waals surface area contributed by atoms with E-state index in [1.165, 1.54) is 11.1 Å². The van der Waals surface area contributed by atoms with Gasteiger partial charge in [-0.3, -0.25) is 9.69 Å². The summed E-state index contributed by atoms with van der Waals surface area (Å²) in [7, 11) is 0. The zero-order valence-electron chi connectivity index (χ0n) is 24.7. The monoisotopic (exact) mass is 594 g/mol. The first-order valence-electron chi connectivity index (χ1n) is 14.5. The summed E-state index contributed by atoms with van der Waals surface area (Å²) in [6.07, 6.45) is 0.322. The summed E-state index contributed by atoms with van der Waals surface area (Å²) in [5, 5.41) is 12.7. The molecule has 7 heteroatoms. The molecule has 0 saturated heterocycles. The van der Waals surface area contributed by atoms with Crippen LogP contribution in [0.1, 0.15) is 39.8 Å². The quantitative estimate of drug-likeness (QED) is 0.139. The Balaban J connectivity index is 1.40. The summed E-state index contributed by atoms with van der Waals surface area (Å²) in [5.74, 6) is 0.677. The smallest absolute Gasteiger partial charge is 0.320 e. The Morgan fingerprint density at radius 1 is 0.837 bits per heavy atom. The number of thiophene rings is 1. The van der Waals surface area contributed by atoms with Crippen molar-refractivity contribution >= 4 is 27.4 Å². The molecule has 5 rings (SSSR count). The van der Waals surface area contributed by atoms with Crippen molar-refractivity contribution in [1.29, 1.82) is 0 Å². The van der Waals surface area contributed by atoms with Crippen LogP contribution in [0.15, 0.2) is 96.4 Å². The minimum Gasteiger partial charge on any atom is -0.489 e. The number of benzene rings is 4. The van der Waals surface area contributed by atoms with Gasteiger partial charge in [0.1, 0.15) is 30.8 Å². The molecule has 0 bridgehead atoms. The van der Waals surface area contributed by atoms with Crippen LogP contribution in [0.2, 0.25) is 0 Å². The van der Waals surface area contributed by atoms with E-state index < -0.39 is 12.0 Å². The van der Waals surface area contributed by atoms with Crippen molar-refractivity contribution in [3.63, 3.8) is 0 Å². The Hall–Kier alpha value is -4.17. The number of nitrogens with zero attached hydrogens (tertiary/aromatic N) is 1. The number of para-hydroxylation sites is 1. The topological polar surface area (TPSA) is 85.0 Å². The maximum Gasteiger partial charge on any atom is 0.320 e. The van der Waals surface area contributed by atoms with E-state index in [1.807, 2.05) is 30.3 Å². The van der Waals surface area contributed by atoms with E-state index >= 15 is 0 Å². The average molecular weight is 595 g/mol. The normalized spacial score (nSPS) is 12.0. The maximum atomic E-state index is 11.6. The van der Waals surface area contributed by atoms with Gasteiger partial charge in [0.2, 0.25) is 0 Å². The molecule has 4 aromatic carbocycles. The van der Waals surface area contributed by atoms with Gasteiger partial charge in [0.25, 0.3) is 0 Å². The number of nitrogens with two attached hydrogens (primary N) is 1. The Morgan fingerprint density at radius 3 is 2.21 bits per heavy atom. The van der Waals surface area contributed by atoms with E-state index in [4.69, 9.17) is 15.2 Å². The van der Waals surface area contributed by atoms with Crippen LogP contribution >= 0.6 is 11.3 Å². The highest BCUT2D eigenvalue weighted by molar-refractivity contribution is 7.17. The van der Waals surface area contributed by atoms with Crippen LogP contribution in [-0.4, -0.2) is 28.6 Å². The molecule has 3 N–H and O–H groups in total. The molecule has 0 spiro atoms. The van der Waals surface area contributed by atoms with Crippen molar-refractivity contribution in [2.45, 2.75) is 52.6 Å². The van der Waals surface area contributed by atoms with Crippen LogP contribution in [0, 0.1) is 13.8 Å². The van der Waals surface area contributed by atoms with Gasteiger partial charge in [0.15, 0.2) is 0 Å². The number of hydrogen-bond acceptors (Lipinski definition) is 6. The van der Waals surface area contributed by atoms with Crippen molar-refractivity contribution < 1.29 is 19.4 Å². The van der Waals surface area contributed by atoms with E-state index in [0.29, 0.717) is 39.3 Å². The first kappa shape index (κ1) is 30.3. The Bertz CT molecular complexity index is 1680. The zero-order chi connectivity index (χ0) is 30.2. The zero-order valence-corrected chi connectivity index (χ0v) is 25.5. The Labute approximate surface area is 257 Å². The molecule has 1 aromatic heterocycles. The molecular formula is C36H38N2O4S. The molecule has 0 aliphatic rings. The molecule has 6 nitrogen and oxygen atoms in total. The van der Waals surface area contributed by atoms with Crippen LogP contribution in [0.3, 0.4) is 0 Å². The largest absolute Gasteiger partial charge is 0.489 e. The summed E-state index contributed by atoms with van der Waals surface area (Å²) < 4.78 is 13.9. The van der Waals surface area contributed by atoms with Crippen molar-refractivity contribution in [2.75, 3.05) is 6.54 Å². The Kier molecular flexibility index (Phi) is 10.1. The number of rotatable bonds is 14. The van der Waals surface area contributed by atoms with E-state index in [-0.39, 0.29) is 0 Å². The summed E-state index contributed by atoms with van der Waals surface area (Å²) >= 11 is 1.67. The highest BCUT2D eigenvalue weighted by atomic mass is 32.1. The van der Waals surface area contributed by atoms with Crippen LogP contribution in [-0.2, 0) is 31.1 Å². The van der Waals surface area contributed by atoms with Crippen LogP contribution in [0.5, 0.6) is 11.5 Å². The second kappa shape index (κ2) is 14.3. The molecule has 5 aromatic rings. The van der Waals surface area contributed by atoms with E-state index in [9.17, 15) is 9.90 Å². The highest BCUT2D eigenvalue weighted by Crippen LogP contribution is 2.36. The summed E-state index contributed by atoms with van der Waals surface area (Å²) in [4.78, 5) is 13.8. The number of carboxylic acid groups (broad SMARTS) is 1. The number of carboxylic acids is 1. The van der Waals surface area contributed by atoms with Gasteiger partial charge >= 0.3 is 5.97 Å². The van der Waals surface area contributed by atoms with E-state index in [1.54, 1.807) is 11.3 Å². The van der Waals surface area contributed by atoms with Gasteiger partial charge in [-0.05, 0) is 54.3 Å². The molecule has 222 valence electrons. The third kappa shape index (κ3) is 8.23. The standard InChI is InChI=1S/C36H38N2O4S/c1-25-7-5-9-27(19-25)23-41-33-12-4-3-11-30(33)21-38(17-15-32(37)36(39)40)22-31-14-13-29-16-18-43-35(29)34(31)42-24-28-10-6-8-26(2)20-28/h3-14,16,18-20,32H,15,17,21-24,37H2,1-2H3,(H,39,40)/t32-/m0/s1. The lowest BCUT2D eigenvalue weighted by molar-refractivity contribution is -0.138. The molecule has 43 heavy (non-hydrogen) atoms. The number of fused-ring (bicyclic) bond motifs is 1. The maximum absolute atomic E-state index is 11.6. The summed E-state index contributed by atoms with van der Waals surface area (Å²) in [5.41, 5.74) is 12.6. The predicted octanol–water partition coefficient (Wildman–Crippen LogP) is 7.48. The molecule has 0 aliphatic carbocycles. The van der Waals surface area contributed by atoms with Gasteiger partial charge in [0.05, 0.1) is 4.70 Å². The van der Waals surface area contributed by atoms with E-state index in [2.05, 4.69) is 84.8 Å². The minimum absolute atomic E-state index is 0.322. The van der Waals surface area contributed by atoms with Gasteiger partial charge in [-0.2, -0.15) is 0 Å². The van der Waals surface area contributed by atoms with Gasteiger partial charge in [0, 0.05) is 30.8 Å². The predicted molar refractivity (Wildman–Crippen MR) is 174 cm³/mol. The molecule has 0 aliphatic heterocycles. The third-order valence-corrected chi connectivity index (χ3v) is 8.36. The lowest BCUT2D eigenvalue weighted by atomic mass is 10.1. The second-order valence-corrected chi connectivity index (χ2v) is 11.9. The van der Waals surface area contributed by atoms with Crippen molar-refractivity contribution in [2.24, 2.45) is 5.73 Å². The van der Waals surface area contributed by atoms with Gasteiger partial charge < -0.3 is 20.3 Å². The van der Waals surface area contributed by atoms with Crippen LogP contribution < -0.4 is 15.2 Å². The SMILES string of the molecule is Cc1cccc(COc2ccccc2CN(CC[C@H](N)C(=O)O)Cc2ccc3ccsc3c2OCc2cccc(C)c2)c1. The fourth-order valence-corrected chi connectivity index (χ4v) is 6.09. The van der Waals surface area contributed by atoms with Crippen molar-refractivity contribution in [3.8, 4) is 11.5 Å². The molecule has 1 heterocycles. The van der Waals surface area contributed by atoms with Gasteiger partial charge in [-0.15, -0.1) is 11.3 Å². The second-order valence-electron chi connectivity index (χ2n) is 11.0. The van der Waals surface area contributed by atoms with Gasteiger partial charge in [-0.25, -0.2) is 0 Å². The van der Waals surface area contributed by atoms with Gasteiger partial charge in [-0.1, -0.05) is 90.0 Å². The van der Waals surface area contributed by atoms with Crippen molar-refractivity contribution in [1.82, 2.24) is 4.90 Å². The fourth-order valence-electron chi connectivity index (χ4n) is 5.17. The molecule has 0 unspecified atom stereocenters. The summed E-state index contributed by atoms with van der Waals surface area (Å²) in [6, 6.07) is 30.1. The number of aliphatic carboxylic acids is 1. The minimum atomic E-state index is -0.996. The van der Waals surface area contributed by atoms with Crippen LogP contribution in [0.25, 0.3) is 10.1 Å². The third-order valence-electron chi connectivity index (χ3n) is 7.43. The first-order chi connectivity index (χ1) is 20.9. The number of hydrogen-bond donors (Lipinski definition) is 2. The summed E-state index contributed by atoms with van der Waals surface area (Å²) in [6.45, 7) is 6.71. The van der Waals surface area contributed by atoms with E-state index in [0.717, 1.165) is 43.8 Å². The molecule has 0 amide bonds. The molecular weight excluding hydrogens is 556 g/mol. The number of aryl methyl sites for hydroxylation is 2. The Morgan fingerprint density at radius 2 is 1.51 bits per heavy atom. The lowest BCUT2D eigenvalue weighted by Crippen LogP contribution is -2.35. The fraction of sp³-hybridized carbons (Fsp3) is 0.250. The molecule has 1 atom stereocenters. The first-order valence-corrected chi connectivity index (χ1v) is 15.4. The lowest BCUT2D eigenvalue weighted by Gasteiger charge is -2.26. The van der Waals surface area contributed by atoms with Crippen LogP contribution in [0.4, 0.5) is 0 Å².